The molecule has 0 radical (unpaired) electrons. The molecule has 0 unspecified atom stereocenters. The number of methoxy groups -OCH3 is 1. The fourth-order valence-corrected chi connectivity index (χ4v) is 2.77. The summed E-state index contributed by atoms with van der Waals surface area (Å²) in [6.07, 6.45) is 3.75. The van der Waals surface area contributed by atoms with Crippen molar-refractivity contribution in [1.29, 1.82) is 0 Å². The first-order valence-corrected chi connectivity index (χ1v) is 8.28. The molecular weight excluding hydrogens is 317 g/mol. The quantitative estimate of drug-likeness (QED) is 0.709. The molecule has 1 aromatic heterocycles. The van der Waals surface area contributed by atoms with Gasteiger partial charge in [0.25, 0.3) is 0 Å². The molecule has 25 heavy (non-hydrogen) atoms. The maximum absolute atomic E-state index is 14.2. The molecule has 0 saturated carbocycles. The minimum Gasteiger partial charge on any atom is -0.497 e. The Hall–Kier alpha value is -2.66. The zero-order valence-corrected chi connectivity index (χ0v) is 14.4. The second-order valence-corrected chi connectivity index (χ2v) is 5.95. The maximum atomic E-state index is 14.2. The van der Waals surface area contributed by atoms with E-state index >= 15 is 0 Å². The van der Waals surface area contributed by atoms with Crippen LogP contribution in [-0.4, -0.2) is 16.7 Å². The number of benzene rings is 2. The van der Waals surface area contributed by atoms with Crippen molar-refractivity contribution in [1.82, 2.24) is 14.9 Å². The summed E-state index contributed by atoms with van der Waals surface area (Å²) in [5.74, 6) is 1.17. The zero-order chi connectivity index (χ0) is 17.6. The Morgan fingerprint density at radius 3 is 2.72 bits per heavy atom. The number of imidazole rings is 1. The second kappa shape index (κ2) is 7.94. The number of hydrogen-bond donors (Lipinski definition) is 1. The predicted octanol–water partition coefficient (Wildman–Crippen LogP) is 3.93. The Kier molecular flexibility index (Phi) is 5.46. The summed E-state index contributed by atoms with van der Waals surface area (Å²) >= 11 is 0. The van der Waals surface area contributed by atoms with Crippen LogP contribution in [0.3, 0.4) is 0 Å². The number of ether oxygens (including phenoxy) is 1. The predicted molar refractivity (Wildman–Crippen MR) is 96.0 cm³/mol. The van der Waals surface area contributed by atoms with Crippen LogP contribution >= 0.6 is 0 Å². The van der Waals surface area contributed by atoms with Gasteiger partial charge in [-0.1, -0.05) is 36.4 Å². The molecule has 3 rings (SSSR count). The minimum atomic E-state index is -0.271. The summed E-state index contributed by atoms with van der Waals surface area (Å²) in [6, 6.07) is 15.0. The van der Waals surface area contributed by atoms with Gasteiger partial charge in [0.2, 0.25) is 0 Å². The van der Waals surface area contributed by atoms with Crippen LogP contribution in [0.25, 0.3) is 0 Å². The number of nitrogens with one attached hydrogen (secondary N) is 1. The van der Waals surface area contributed by atoms with E-state index in [4.69, 9.17) is 4.74 Å². The van der Waals surface area contributed by atoms with Crippen molar-refractivity contribution >= 4 is 0 Å². The molecule has 0 bridgehead atoms. The normalized spacial score (nSPS) is 12.1. The van der Waals surface area contributed by atoms with Crippen molar-refractivity contribution in [2.75, 3.05) is 7.11 Å². The molecule has 0 spiro atoms. The van der Waals surface area contributed by atoms with Gasteiger partial charge >= 0.3 is 0 Å². The van der Waals surface area contributed by atoms with Gasteiger partial charge in [-0.2, -0.15) is 0 Å². The topological polar surface area (TPSA) is 39.1 Å². The number of aromatic nitrogens is 2. The van der Waals surface area contributed by atoms with Crippen molar-refractivity contribution in [3.63, 3.8) is 0 Å². The number of nitrogens with zero attached hydrogens (tertiary/aromatic N) is 2. The van der Waals surface area contributed by atoms with Crippen LogP contribution < -0.4 is 10.1 Å². The van der Waals surface area contributed by atoms with E-state index < -0.39 is 0 Å². The molecule has 2 aromatic carbocycles. The molecule has 0 saturated heterocycles. The van der Waals surface area contributed by atoms with Gasteiger partial charge in [0.05, 0.1) is 13.7 Å². The maximum Gasteiger partial charge on any atom is 0.131 e. The van der Waals surface area contributed by atoms with Crippen molar-refractivity contribution in [3.8, 4) is 5.75 Å². The van der Waals surface area contributed by atoms with Crippen LogP contribution in [0.4, 0.5) is 4.39 Å². The summed E-state index contributed by atoms with van der Waals surface area (Å²) in [6.45, 7) is 3.27. The van der Waals surface area contributed by atoms with Crippen molar-refractivity contribution in [2.24, 2.45) is 0 Å². The van der Waals surface area contributed by atoms with E-state index in [9.17, 15) is 4.39 Å². The highest BCUT2D eigenvalue weighted by molar-refractivity contribution is 5.30. The van der Waals surface area contributed by atoms with Crippen LogP contribution in [-0.2, 0) is 13.1 Å². The molecular formula is C20H22FN3O. The third-order valence-corrected chi connectivity index (χ3v) is 4.24. The zero-order valence-electron chi connectivity index (χ0n) is 14.4. The molecule has 130 valence electrons. The van der Waals surface area contributed by atoms with Crippen molar-refractivity contribution < 1.29 is 9.13 Å². The van der Waals surface area contributed by atoms with Crippen LogP contribution in [0.2, 0.25) is 0 Å². The van der Waals surface area contributed by atoms with Gasteiger partial charge < -0.3 is 14.6 Å². The third-order valence-electron chi connectivity index (χ3n) is 4.24. The molecule has 0 fully saturated rings. The van der Waals surface area contributed by atoms with Gasteiger partial charge in [0.15, 0.2) is 0 Å². The standard InChI is InChI=1S/C20H22FN3O/c1-15(18-9-8-17(25-2)12-19(18)21)23-13-20-22-10-11-24(20)14-16-6-4-3-5-7-16/h3-12,15,23H,13-14H2,1-2H3/t15-/m1/s1. The highest BCUT2D eigenvalue weighted by Crippen LogP contribution is 2.22. The lowest BCUT2D eigenvalue weighted by atomic mass is 10.1. The molecule has 1 heterocycles. The Labute approximate surface area is 147 Å². The first kappa shape index (κ1) is 17.2. The van der Waals surface area contributed by atoms with Crippen molar-refractivity contribution in [3.05, 3.63) is 83.7 Å². The molecule has 0 aliphatic rings. The summed E-state index contributed by atoms with van der Waals surface area (Å²) in [5, 5.41) is 3.34. The fraction of sp³-hybridized carbons (Fsp3) is 0.250. The molecule has 5 heteroatoms. The van der Waals surface area contributed by atoms with Gasteiger partial charge in [-0.15, -0.1) is 0 Å². The van der Waals surface area contributed by atoms with Crippen LogP contribution in [0.5, 0.6) is 5.75 Å². The van der Waals surface area contributed by atoms with Gasteiger partial charge in [-0.05, 0) is 18.6 Å². The summed E-state index contributed by atoms with van der Waals surface area (Å²) < 4.78 is 21.3. The van der Waals surface area contributed by atoms with E-state index in [1.54, 1.807) is 18.3 Å². The Bertz CT molecular complexity index is 817. The van der Waals surface area contributed by atoms with Crippen LogP contribution in [0.1, 0.15) is 29.9 Å². The van der Waals surface area contributed by atoms with E-state index in [1.807, 2.05) is 31.3 Å². The van der Waals surface area contributed by atoms with E-state index in [0.717, 1.165) is 12.4 Å². The highest BCUT2D eigenvalue weighted by Gasteiger charge is 2.13. The highest BCUT2D eigenvalue weighted by atomic mass is 19.1. The number of hydrogen-bond acceptors (Lipinski definition) is 3. The largest absolute Gasteiger partial charge is 0.497 e. The van der Waals surface area contributed by atoms with E-state index in [-0.39, 0.29) is 11.9 Å². The molecule has 0 aliphatic heterocycles. The summed E-state index contributed by atoms with van der Waals surface area (Å²) in [5.41, 5.74) is 1.83. The molecule has 3 aromatic rings. The van der Waals surface area contributed by atoms with Crippen LogP contribution in [0.15, 0.2) is 60.9 Å². The van der Waals surface area contributed by atoms with Gasteiger partial charge in [0, 0.05) is 36.6 Å². The molecule has 1 N–H and O–H groups in total. The average Bonchev–Trinajstić information content (AvgIpc) is 3.07. The Balaban J connectivity index is 1.65. The van der Waals surface area contributed by atoms with Gasteiger partial charge in [-0.3, -0.25) is 0 Å². The lowest BCUT2D eigenvalue weighted by molar-refractivity contribution is 0.409. The number of rotatable bonds is 7. The van der Waals surface area contributed by atoms with E-state index in [0.29, 0.717) is 17.9 Å². The van der Waals surface area contributed by atoms with Gasteiger partial charge in [-0.25, -0.2) is 9.37 Å². The summed E-state index contributed by atoms with van der Waals surface area (Å²) in [7, 11) is 1.53. The van der Waals surface area contributed by atoms with Gasteiger partial charge in [0.1, 0.15) is 17.4 Å². The Morgan fingerprint density at radius 2 is 2.00 bits per heavy atom. The SMILES string of the molecule is COc1ccc([C@@H](C)NCc2nccn2Cc2ccccc2)c(F)c1. The second-order valence-electron chi connectivity index (χ2n) is 5.95. The minimum absolute atomic E-state index is 0.132. The number of halogens is 1. The Morgan fingerprint density at radius 1 is 1.20 bits per heavy atom. The lowest BCUT2D eigenvalue weighted by Gasteiger charge is -2.16. The molecule has 0 amide bonds. The monoisotopic (exact) mass is 339 g/mol. The lowest BCUT2D eigenvalue weighted by Crippen LogP contribution is -2.21. The van der Waals surface area contributed by atoms with Crippen molar-refractivity contribution in [2.45, 2.75) is 26.1 Å². The molecule has 4 nitrogen and oxygen atoms in total. The first-order valence-electron chi connectivity index (χ1n) is 8.28. The first-order chi connectivity index (χ1) is 12.2. The fourth-order valence-electron chi connectivity index (χ4n) is 2.77. The smallest absolute Gasteiger partial charge is 0.131 e. The molecule has 1 atom stereocenters. The summed E-state index contributed by atoms with van der Waals surface area (Å²) in [4.78, 5) is 4.41. The third kappa shape index (κ3) is 4.25. The van der Waals surface area contributed by atoms with Crippen LogP contribution in [0, 0.1) is 5.82 Å². The molecule has 0 aliphatic carbocycles. The van der Waals surface area contributed by atoms with E-state index in [2.05, 4.69) is 27.0 Å². The average molecular weight is 339 g/mol. The van der Waals surface area contributed by atoms with E-state index in [1.165, 1.54) is 18.7 Å².